The third kappa shape index (κ3) is 3.71. The molecule has 0 fully saturated rings. The lowest BCUT2D eigenvalue weighted by Gasteiger charge is -2.19. The summed E-state index contributed by atoms with van der Waals surface area (Å²) in [5.74, 6) is 0. The molecule has 0 saturated carbocycles. The van der Waals surface area contributed by atoms with Gasteiger partial charge in [-0.05, 0) is 59.1 Å². The Kier molecular flexibility index (Phi) is 5.80. The van der Waals surface area contributed by atoms with E-state index in [0.29, 0.717) is 0 Å². The summed E-state index contributed by atoms with van der Waals surface area (Å²) in [5, 5.41) is 9.98. The largest absolute Gasteiger partial charge is 0.308 e. The lowest BCUT2D eigenvalue weighted by Crippen LogP contribution is -2.25. The molecule has 0 aliphatic heterocycles. The lowest BCUT2D eigenvalue weighted by molar-refractivity contribution is 0.366. The van der Waals surface area contributed by atoms with Gasteiger partial charge in [-0.15, -0.1) is 11.3 Å². The van der Waals surface area contributed by atoms with Crippen LogP contribution in [0.25, 0.3) is 0 Å². The second kappa shape index (κ2) is 7.17. The Morgan fingerprint density at radius 2 is 2.20 bits per heavy atom. The van der Waals surface area contributed by atoms with Crippen molar-refractivity contribution in [2.24, 2.45) is 0 Å². The van der Waals surface area contributed by atoms with E-state index < -0.39 is 0 Å². The van der Waals surface area contributed by atoms with Gasteiger partial charge in [-0.2, -0.15) is 5.10 Å². The topological polar surface area (TPSA) is 33.1 Å². The normalized spacial score (nSPS) is 13.1. The molecule has 2 rings (SSSR count). The van der Waals surface area contributed by atoms with Crippen molar-refractivity contribution < 1.29 is 0 Å². The van der Waals surface area contributed by atoms with Gasteiger partial charge >= 0.3 is 0 Å². The molecule has 4 nitrogen and oxygen atoms in total. The van der Waals surface area contributed by atoms with E-state index in [1.807, 2.05) is 13.2 Å². The molecule has 110 valence electrons. The fourth-order valence-corrected chi connectivity index (χ4v) is 4.11. The van der Waals surface area contributed by atoms with Gasteiger partial charge in [0.1, 0.15) is 0 Å². The first-order valence-corrected chi connectivity index (χ1v) is 8.76. The molecule has 20 heavy (non-hydrogen) atoms. The van der Waals surface area contributed by atoms with Crippen LogP contribution in [0.15, 0.2) is 26.6 Å². The molecular weight excluding hydrogens is 404 g/mol. The predicted molar refractivity (Wildman–Crippen MR) is 91.4 cm³/mol. The molecule has 0 bridgehead atoms. The minimum Gasteiger partial charge on any atom is -0.308 e. The van der Waals surface area contributed by atoms with E-state index in [4.69, 9.17) is 0 Å². The smallest absolute Gasteiger partial charge is 0.0851 e. The maximum Gasteiger partial charge on any atom is 0.0851 e. The number of hydrogen-bond donors (Lipinski definition) is 1. The highest BCUT2D eigenvalue weighted by Crippen LogP contribution is 2.33. The van der Waals surface area contributed by atoms with Gasteiger partial charge in [-0.3, -0.25) is 4.68 Å². The monoisotopic (exact) mass is 420 g/mol. The highest BCUT2D eigenvalue weighted by molar-refractivity contribution is 9.10. The average molecular weight is 422 g/mol. The van der Waals surface area contributed by atoms with Crippen LogP contribution < -0.4 is 5.32 Å². The van der Waals surface area contributed by atoms with Crippen LogP contribution in [0.4, 0.5) is 0 Å². The predicted octanol–water partition coefficient (Wildman–Crippen LogP) is 3.34. The minimum atomic E-state index is 0.144. The summed E-state index contributed by atoms with van der Waals surface area (Å²) in [4.78, 5) is 3.43. The van der Waals surface area contributed by atoms with Crippen molar-refractivity contribution in [1.82, 2.24) is 20.0 Å². The third-order valence-electron chi connectivity index (χ3n) is 3.03. The number of nitrogens with one attached hydrogen (secondary N) is 1. The van der Waals surface area contributed by atoms with E-state index in [-0.39, 0.29) is 6.04 Å². The quantitative estimate of drug-likeness (QED) is 0.776. The van der Waals surface area contributed by atoms with E-state index in [9.17, 15) is 0 Å². The van der Waals surface area contributed by atoms with E-state index in [2.05, 4.69) is 77.4 Å². The molecule has 1 atom stereocenters. The molecule has 0 amide bonds. The number of thiophene rings is 1. The highest BCUT2D eigenvalue weighted by Gasteiger charge is 2.21. The molecule has 2 aromatic rings. The SMILES string of the molecule is CNC(c1cc(Br)cs1)c1c(Br)cnn1CCN(C)C. The average Bonchev–Trinajstić information content (AvgIpc) is 2.97. The highest BCUT2D eigenvalue weighted by atomic mass is 79.9. The molecular formula is C13H18Br2N4S. The third-order valence-corrected chi connectivity index (χ3v) is 5.40. The Bertz CT molecular complexity index is 564. The van der Waals surface area contributed by atoms with Crippen LogP contribution in [0, 0.1) is 0 Å². The van der Waals surface area contributed by atoms with Crippen LogP contribution in [0.5, 0.6) is 0 Å². The van der Waals surface area contributed by atoms with Crippen LogP contribution in [-0.2, 0) is 6.54 Å². The van der Waals surface area contributed by atoms with Crippen molar-refractivity contribution in [2.45, 2.75) is 12.6 Å². The first-order chi connectivity index (χ1) is 9.52. The van der Waals surface area contributed by atoms with Gasteiger partial charge in [0.25, 0.3) is 0 Å². The summed E-state index contributed by atoms with van der Waals surface area (Å²) in [7, 11) is 6.13. The van der Waals surface area contributed by atoms with Gasteiger partial charge in [-0.1, -0.05) is 0 Å². The summed E-state index contributed by atoms with van der Waals surface area (Å²) in [5.41, 5.74) is 1.17. The van der Waals surface area contributed by atoms with Crippen molar-refractivity contribution in [3.8, 4) is 0 Å². The second-order valence-corrected chi connectivity index (χ2v) is 7.51. The van der Waals surface area contributed by atoms with Crippen LogP contribution >= 0.6 is 43.2 Å². The molecule has 0 spiro atoms. The number of nitrogens with zero attached hydrogens (tertiary/aromatic N) is 3. The maximum absolute atomic E-state index is 4.48. The summed E-state index contributed by atoms with van der Waals surface area (Å²) < 4.78 is 4.23. The fraction of sp³-hybridized carbons (Fsp3) is 0.462. The Balaban J connectivity index is 2.31. The van der Waals surface area contributed by atoms with E-state index in [1.54, 1.807) is 11.3 Å². The maximum atomic E-state index is 4.48. The molecule has 0 saturated heterocycles. The van der Waals surface area contributed by atoms with Gasteiger partial charge in [0, 0.05) is 21.3 Å². The molecule has 1 N–H and O–H groups in total. The van der Waals surface area contributed by atoms with Gasteiger partial charge in [-0.25, -0.2) is 0 Å². The number of halogens is 2. The first-order valence-electron chi connectivity index (χ1n) is 6.30. The van der Waals surface area contributed by atoms with Gasteiger partial charge in [0.2, 0.25) is 0 Å². The second-order valence-electron chi connectivity index (χ2n) is 4.79. The number of aromatic nitrogens is 2. The lowest BCUT2D eigenvalue weighted by atomic mass is 10.1. The van der Waals surface area contributed by atoms with Crippen molar-refractivity contribution in [3.63, 3.8) is 0 Å². The summed E-state index contributed by atoms with van der Waals surface area (Å²) in [6, 6.07) is 2.30. The van der Waals surface area contributed by atoms with Crippen LogP contribution in [0.1, 0.15) is 16.6 Å². The van der Waals surface area contributed by atoms with Crippen molar-refractivity contribution >= 4 is 43.2 Å². The van der Waals surface area contributed by atoms with Crippen molar-refractivity contribution in [2.75, 3.05) is 27.7 Å². The summed E-state index contributed by atoms with van der Waals surface area (Å²) in [6.07, 6.45) is 1.87. The van der Waals surface area contributed by atoms with Crippen LogP contribution in [-0.4, -0.2) is 42.4 Å². The Labute approximate surface area is 140 Å². The zero-order valence-corrected chi connectivity index (χ0v) is 15.7. The van der Waals surface area contributed by atoms with Gasteiger partial charge in [0.15, 0.2) is 0 Å². The van der Waals surface area contributed by atoms with E-state index in [0.717, 1.165) is 22.0 Å². The Morgan fingerprint density at radius 1 is 1.45 bits per heavy atom. The van der Waals surface area contributed by atoms with Crippen molar-refractivity contribution in [1.29, 1.82) is 0 Å². The van der Waals surface area contributed by atoms with Gasteiger partial charge < -0.3 is 10.2 Å². The zero-order chi connectivity index (χ0) is 14.7. The van der Waals surface area contributed by atoms with Gasteiger partial charge in [0.05, 0.1) is 29.0 Å². The van der Waals surface area contributed by atoms with Crippen LogP contribution in [0.2, 0.25) is 0 Å². The van der Waals surface area contributed by atoms with E-state index in [1.165, 1.54) is 10.6 Å². The van der Waals surface area contributed by atoms with E-state index >= 15 is 0 Å². The number of rotatable bonds is 6. The number of likely N-dealkylation sites (N-methyl/N-ethyl adjacent to an activating group) is 1. The van der Waals surface area contributed by atoms with Crippen LogP contribution in [0.3, 0.4) is 0 Å². The van der Waals surface area contributed by atoms with Crippen molar-refractivity contribution in [3.05, 3.63) is 37.2 Å². The number of hydrogen-bond acceptors (Lipinski definition) is 4. The summed E-state index contributed by atoms with van der Waals surface area (Å²) in [6.45, 7) is 1.84. The molecule has 2 aromatic heterocycles. The first kappa shape index (κ1) is 16.2. The fourth-order valence-electron chi connectivity index (χ4n) is 2.03. The molecule has 1 unspecified atom stereocenters. The standard InChI is InChI=1S/C13H18Br2N4S/c1-16-12(11-6-9(14)8-20-11)13-10(15)7-17-19(13)5-4-18(2)3/h6-8,12,16H,4-5H2,1-3H3. The Morgan fingerprint density at radius 3 is 2.75 bits per heavy atom. The molecule has 0 aliphatic rings. The zero-order valence-electron chi connectivity index (χ0n) is 11.7. The molecule has 2 heterocycles. The molecule has 0 aromatic carbocycles. The molecule has 0 aliphatic carbocycles. The summed E-state index contributed by atoms with van der Waals surface area (Å²) >= 11 is 8.89. The Hall–Kier alpha value is -0.210. The molecule has 0 radical (unpaired) electrons. The minimum absolute atomic E-state index is 0.144. The molecule has 7 heteroatoms.